The molecule has 1 aliphatic heterocycles. The molecule has 1 aromatic heterocycles. The normalized spacial score (nSPS) is 19.8. The van der Waals surface area contributed by atoms with E-state index in [1.165, 1.54) is 5.69 Å². The van der Waals surface area contributed by atoms with E-state index in [4.69, 9.17) is 4.74 Å². The van der Waals surface area contributed by atoms with Crippen LogP contribution in [-0.2, 0) is 4.74 Å². The maximum atomic E-state index is 5.34. The van der Waals surface area contributed by atoms with Crippen LogP contribution in [-0.4, -0.2) is 38.8 Å². The van der Waals surface area contributed by atoms with E-state index < -0.39 is 0 Å². The number of pyridine rings is 1. The first-order valence-corrected chi connectivity index (χ1v) is 5.70. The molecule has 16 heavy (non-hydrogen) atoms. The number of nitrogens with one attached hydrogen (secondary N) is 1. The van der Waals surface area contributed by atoms with Gasteiger partial charge in [-0.25, -0.2) is 4.98 Å². The van der Waals surface area contributed by atoms with Gasteiger partial charge in [0.05, 0.1) is 6.61 Å². The van der Waals surface area contributed by atoms with Crippen molar-refractivity contribution < 1.29 is 4.74 Å². The Morgan fingerprint density at radius 1 is 1.56 bits per heavy atom. The van der Waals surface area contributed by atoms with Crippen LogP contribution in [0.25, 0.3) is 0 Å². The van der Waals surface area contributed by atoms with Crippen molar-refractivity contribution in [3.05, 3.63) is 18.3 Å². The molecule has 1 aliphatic rings. The summed E-state index contributed by atoms with van der Waals surface area (Å²) in [5, 5.41) is 3.36. The first-order valence-electron chi connectivity index (χ1n) is 5.70. The molecule has 0 amide bonds. The van der Waals surface area contributed by atoms with Crippen LogP contribution in [0.1, 0.15) is 6.42 Å². The summed E-state index contributed by atoms with van der Waals surface area (Å²) >= 11 is 0. The molecule has 0 saturated carbocycles. The second kappa shape index (κ2) is 5.16. The largest absolute Gasteiger partial charge is 0.381 e. The Kier molecular flexibility index (Phi) is 3.62. The molecule has 1 aromatic rings. The standard InChI is InChI=1S/C12H19N3O/c1-15(2)11-3-5-13-12(7-11)14-8-10-4-6-16-9-10/h3,5,7,10H,4,6,8-9H2,1-2H3,(H,13,14). The van der Waals surface area contributed by atoms with Crippen LogP contribution >= 0.6 is 0 Å². The van der Waals surface area contributed by atoms with Gasteiger partial charge in [-0.1, -0.05) is 0 Å². The number of aromatic nitrogens is 1. The zero-order valence-corrected chi connectivity index (χ0v) is 9.94. The van der Waals surface area contributed by atoms with Gasteiger partial charge in [0.2, 0.25) is 0 Å². The SMILES string of the molecule is CN(C)c1ccnc(NCC2CCOC2)c1. The minimum absolute atomic E-state index is 0.629. The first kappa shape index (κ1) is 11.2. The van der Waals surface area contributed by atoms with Gasteiger partial charge in [-0.2, -0.15) is 0 Å². The van der Waals surface area contributed by atoms with Crippen molar-refractivity contribution in [3.63, 3.8) is 0 Å². The molecular weight excluding hydrogens is 202 g/mol. The van der Waals surface area contributed by atoms with Gasteiger partial charge >= 0.3 is 0 Å². The Balaban J connectivity index is 1.90. The smallest absolute Gasteiger partial charge is 0.127 e. The van der Waals surface area contributed by atoms with E-state index in [2.05, 4.69) is 21.3 Å². The van der Waals surface area contributed by atoms with Gasteiger partial charge in [0.15, 0.2) is 0 Å². The van der Waals surface area contributed by atoms with Crippen LogP contribution in [0.4, 0.5) is 11.5 Å². The molecular formula is C12H19N3O. The van der Waals surface area contributed by atoms with E-state index in [1.54, 1.807) is 0 Å². The number of anilines is 2. The van der Waals surface area contributed by atoms with Crippen molar-refractivity contribution in [1.29, 1.82) is 0 Å². The minimum Gasteiger partial charge on any atom is -0.381 e. The molecule has 1 N–H and O–H groups in total. The highest BCUT2D eigenvalue weighted by molar-refractivity contribution is 5.52. The highest BCUT2D eigenvalue weighted by Gasteiger charge is 2.15. The predicted octanol–water partition coefficient (Wildman–Crippen LogP) is 1.60. The number of nitrogens with zero attached hydrogens (tertiary/aromatic N) is 2. The van der Waals surface area contributed by atoms with Crippen molar-refractivity contribution in [3.8, 4) is 0 Å². The fraction of sp³-hybridized carbons (Fsp3) is 0.583. The van der Waals surface area contributed by atoms with Crippen molar-refractivity contribution >= 4 is 11.5 Å². The van der Waals surface area contributed by atoms with Gasteiger partial charge < -0.3 is 15.0 Å². The molecule has 1 atom stereocenters. The number of hydrogen-bond donors (Lipinski definition) is 1. The Morgan fingerprint density at radius 2 is 2.44 bits per heavy atom. The monoisotopic (exact) mass is 221 g/mol. The third-order valence-corrected chi connectivity index (χ3v) is 2.86. The summed E-state index contributed by atoms with van der Waals surface area (Å²) in [5.41, 5.74) is 1.17. The van der Waals surface area contributed by atoms with E-state index in [-0.39, 0.29) is 0 Å². The van der Waals surface area contributed by atoms with E-state index in [1.807, 2.05) is 26.4 Å². The molecule has 1 saturated heterocycles. The molecule has 2 rings (SSSR count). The quantitative estimate of drug-likeness (QED) is 0.838. The number of hydrogen-bond acceptors (Lipinski definition) is 4. The summed E-state index contributed by atoms with van der Waals surface area (Å²) < 4.78 is 5.34. The number of ether oxygens (including phenoxy) is 1. The maximum Gasteiger partial charge on any atom is 0.127 e. The van der Waals surface area contributed by atoms with Crippen molar-refractivity contribution in [2.45, 2.75) is 6.42 Å². The van der Waals surface area contributed by atoms with Crippen LogP contribution in [0.15, 0.2) is 18.3 Å². The summed E-state index contributed by atoms with van der Waals surface area (Å²) in [6.07, 6.45) is 2.99. The average Bonchev–Trinajstić information content (AvgIpc) is 2.79. The third kappa shape index (κ3) is 2.85. The fourth-order valence-corrected chi connectivity index (χ4v) is 1.79. The topological polar surface area (TPSA) is 37.4 Å². The lowest BCUT2D eigenvalue weighted by molar-refractivity contribution is 0.187. The van der Waals surface area contributed by atoms with E-state index >= 15 is 0 Å². The lowest BCUT2D eigenvalue weighted by atomic mass is 10.1. The van der Waals surface area contributed by atoms with Gasteiger partial charge in [-0.15, -0.1) is 0 Å². The maximum absolute atomic E-state index is 5.34. The van der Waals surface area contributed by atoms with Gasteiger partial charge in [-0.3, -0.25) is 0 Å². The average molecular weight is 221 g/mol. The number of rotatable bonds is 4. The van der Waals surface area contributed by atoms with Crippen LogP contribution in [0.2, 0.25) is 0 Å². The Morgan fingerprint density at radius 3 is 3.12 bits per heavy atom. The summed E-state index contributed by atoms with van der Waals surface area (Å²) in [6, 6.07) is 4.07. The van der Waals surface area contributed by atoms with E-state index in [0.29, 0.717) is 5.92 Å². The summed E-state index contributed by atoms with van der Waals surface area (Å²) in [5.74, 6) is 1.57. The van der Waals surface area contributed by atoms with Crippen molar-refractivity contribution in [2.75, 3.05) is 44.1 Å². The zero-order chi connectivity index (χ0) is 11.4. The van der Waals surface area contributed by atoms with Crippen LogP contribution < -0.4 is 10.2 Å². The molecule has 4 nitrogen and oxygen atoms in total. The van der Waals surface area contributed by atoms with Crippen LogP contribution in [0.3, 0.4) is 0 Å². The lowest BCUT2D eigenvalue weighted by Crippen LogP contribution is -2.15. The van der Waals surface area contributed by atoms with Crippen LogP contribution in [0, 0.1) is 5.92 Å². The molecule has 0 aromatic carbocycles. The second-order valence-corrected chi connectivity index (χ2v) is 4.40. The van der Waals surface area contributed by atoms with Crippen molar-refractivity contribution in [1.82, 2.24) is 4.98 Å². The lowest BCUT2D eigenvalue weighted by Gasteiger charge is -2.14. The zero-order valence-electron chi connectivity index (χ0n) is 9.94. The molecule has 2 heterocycles. The second-order valence-electron chi connectivity index (χ2n) is 4.40. The first-order chi connectivity index (χ1) is 7.75. The fourth-order valence-electron chi connectivity index (χ4n) is 1.79. The molecule has 0 bridgehead atoms. The predicted molar refractivity (Wildman–Crippen MR) is 66.0 cm³/mol. The highest BCUT2D eigenvalue weighted by atomic mass is 16.5. The molecule has 0 radical (unpaired) electrons. The Bertz CT molecular complexity index is 335. The Hall–Kier alpha value is -1.29. The van der Waals surface area contributed by atoms with E-state index in [9.17, 15) is 0 Å². The third-order valence-electron chi connectivity index (χ3n) is 2.86. The molecule has 88 valence electrons. The van der Waals surface area contributed by atoms with Crippen molar-refractivity contribution in [2.24, 2.45) is 5.92 Å². The Labute approximate surface area is 96.6 Å². The summed E-state index contributed by atoms with van der Waals surface area (Å²) in [4.78, 5) is 6.38. The van der Waals surface area contributed by atoms with Crippen LogP contribution in [0.5, 0.6) is 0 Å². The molecule has 4 heteroatoms. The molecule has 0 spiro atoms. The van der Waals surface area contributed by atoms with Gasteiger partial charge in [0, 0.05) is 51.1 Å². The van der Waals surface area contributed by atoms with E-state index in [0.717, 1.165) is 32.0 Å². The van der Waals surface area contributed by atoms with Gasteiger partial charge in [0.25, 0.3) is 0 Å². The van der Waals surface area contributed by atoms with Gasteiger partial charge in [-0.05, 0) is 12.5 Å². The summed E-state index contributed by atoms with van der Waals surface area (Å²) in [6.45, 7) is 2.72. The minimum atomic E-state index is 0.629. The summed E-state index contributed by atoms with van der Waals surface area (Å²) in [7, 11) is 4.06. The molecule has 0 aliphatic carbocycles. The van der Waals surface area contributed by atoms with Gasteiger partial charge in [0.1, 0.15) is 5.82 Å². The molecule has 1 unspecified atom stereocenters. The molecule has 1 fully saturated rings. The highest BCUT2D eigenvalue weighted by Crippen LogP contribution is 2.16.